The molecule has 2 aromatic carbocycles. The smallest absolute Gasteiger partial charge is 0.328 e. The van der Waals surface area contributed by atoms with Crippen LogP contribution < -0.4 is 9.80 Å². The summed E-state index contributed by atoms with van der Waals surface area (Å²) in [6.45, 7) is 3.47. The Balaban J connectivity index is 2.05. The van der Waals surface area contributed by atoms with Crippen LogP contribution in [0.25, 0.3) is 0 Å². The highest BCUT2D eigenvalue weighted by Gasteiger charge is 2.51. The number of para-hydroxylation sites is 1. The van der Waals surface area contributed by atoms with Gasteiger partial charge < -0.3 is 4.90 Å². The second kappa shape index (κ2) is 5.98. The van der Waals surface area contributed by atoms with Gasteiger partial charge in [-0.3, -0.25) is 9.69 Å². The van der Waals surface area contributed by atoms with Gasteiger partial charge in [-0.1, -0.05) is 24.3 Å². The lowest BCUT2D eigenvalue weighted by molar-refractivity contribution is -0.137. The number of hydrogen-bond donors (Lipinski definition) is 1. The van der Waals surface area contributed by atoms with Gasteiger partial charge in [0, 0.05) is 11.4 Å². The van der Waals surface area contributed by atoms with Crippen LogP contribution in [0.4, 0.5) is 24.5 Å². The summed E-state index contributed by atoms with van der Waals surface area (Å²) >= 11 is 4.53. The minimum Gasteiger partial charge on any atom is -0.328 e. The predicted octanol–water partition coefficient (Wildman–Crippen LogP) is 4.55. The van der Waals surface area contributed by atoms with Crippen LogP contribution >= 0.6 is 12.6 Å². The minimum atomic E-state index is -4.47. The van der Waals surface area contributed by atoms with Crippen LogP contribution in [0.3, 0.4) is 0 Å². The van der Waals surface area contributed by atoms with E-state index in [-0.39, 0.29) is 11.6 Å². The van der Waals surface area contributed by atoms with Gasteiger partial charge in [0.2, 0.25) is 0 Å². The zero-order valence-corrected chi connectivity index (χ0v) is 14.6. The van der Waals surface area contributed by atoms with Crippen molar-refractivity contribution in [2.75, 3.05) is 9.80 Å². The van der Waals surface area contributed by atoms with Crippen molar-refractivity contribution in [1.82, 2.24) is 0 Å². The van der Waals surface area contributed by atoms with Crippen LogP contribution in [0.15, 0.2) is 54.6 Å². The Morgan fingerprint density at radius 3 is 2.20 bits per heavy atom. The third-order valence-electron chi connectivity index (χ3n) is 4.29. The summed E-state index contributed by atoms with van der Waals surface area (Å²) in [5.74, 6) is -0.310. The molecule has 1 amide bonds. The maximum Gasteiger partial charge on any atom is 0.416 e. The molecule has 2 aromatic rings. The Labute approximate surface area is 149 Å². The fourth-order valence-electron chi connectivity index (χ4n) is 3.03. The number of anilines is 2. The van der Waals surface area contributed by atoms with Gasteiger partial charge in [0.15, 0.2) is 5.50 Å². The van der Waals surface area contributed by atoms with Gasteiger partial charge in [-0.2, -0.15) is 13.2 Å². The number of alkyl halides is 3. The van der Waals surface area contributed by atoms with E-state index in [0.29, 0.717) is 0 Å². The molecule has 7 heteroatoms. The molecule has 0 radical (unpaired) electrons. The molecule has 0 bridgehead atoms. The predicted molar refractivity (Wildman–Crippen MR) is 94.7 cm³/mol. The van der Waals surface area contributed by atoms with Crippen molar-refractivity contribution in [2.45, 2.75) is 31.1 Å². The largest absolute Gasteiger partial charge is 0.416 e. The molecule has 0 aliphatic carbocycles. The second-order valence-corrected chi connectivity index (χ2v) is 6.80. The molecule has 1 unspecified atom stereocenters. The Morgan fingerprint density at radius 1 is 1.00 bits per heavy atom. The molecule has 0 aromatic heterocycles. The first kappa shape index (κ1) is 17.7. The molecule has 1 saturated heterocycles. The number of hydrogen-bond acceptors (Lipinski definition) is 3. The van der Waals surface area contributed by atoms with Crippen molar-refractivity contribution in [3.8, 4) is 0 Å². The first-order chi connectivity index (χ1) is 11.6. The van der Waals surface area contributed by atoms with Crippen molar-refractivity contribution in [2.24, 2.45) is 0 Å². The molecular formula is C18H17F3N2OS. The van der Waals surface area contributed by atoms with Crippen LogP contribution in [0.2, 0.25) is 0 Å². The second-order valence-electron chi connectivity index (χ2n) is 6.33. The molecule has 0 N–H and O–H groups in total. The number of carbonyl (C=O) groups excluding carboxylic acids is 1. The van der Waals surface area contributed by atoms with E-state index in [1.54, 1.807) is 18.7 Å². The molecule has 25 heavy (non-hydrogen) atoms. The van der Waals surface area contributed by atoms with Crippen molar-refractivity contribution in [1.29, 1.82) is 0 Å². The number of rotatable bonds is 2. The molecule has 132 valence electrons. The normalized spacial score (nSPS) is 20.2. The highest BCUT2D eigenvalue weighted by molar-refractivity contribution is 7.81. The van der Waals surface area contributed by atoms with E-state index in [9.17, 15) is 18.0 Å². The standard InChI is InChI=1S/C18H17F3N2OS/c1-17(2)15(24)22(14-10-6-7-12(11-14)18(19,20)21)16(25)23(17)13-8-4-3-5-9-13/h3-11,16,25H,1-2H3. The average Bonchev–Trinajstić information content (AvgIpc) is 2.73. The highest BCUT2D eigenvalue weighted by atomic mass is 32.1. The monoisotopic (exact) mass is 366 g/mol. The van der Waals surface area contributed by atoms with Crippen molar-refractivity contribution in [3.63, 3.8) is 0 Å². The Kier molecular flexibility index (Phi) is 4.23. The van der Waals surface area contributed by atoms with Crippen molar-refractivity contribution in [3.05, 3.63) is 60.2 Å². The number of benzene rings is 2. The van der Waals surface area contributed by atoms with E-state index >= 15 is 0 Å². The molecule has 1 heterocycles. The lowest BCUT2D eigenvalue weighted by Gasteiger charge is -2.33. The molecule has 1 aliphatic rings. The third-order valence-corrected chi connectivity index (χ3v) is 4.75. The molecule has 3 rings (SSSR count). The molecular weight excluding hydrogens is 349 g/mol. The quantitative estimate of drug-likeness (QED) is 0.788. The van der Waals surface area contributed by atoms with Gasteiger partial charge in [-0.05, 0) is 44.2 Å². The number of nitrogens with zero attached hydrogens (tertiary/aromatic N) is 2. The maximum atomic E-state index is 13.0. The zero-order chi connectivity index (χ0) is 18.4. The van der Waals surface area contributed by atoms with Crippen LogP contribution in [0.5, 0.6) is 0 Å². The summed E-state index contributed by atoms with van der Waals surface area (Å²) in [4.78, 5) is 16.0. The fraction of sp³-hybridized carbons (Fsp3) is 0.278. The van der Waals surface area contributed by atoms with E-state index in [2.05, 4.69) is 12.6 Å². The van der Waals surface area contributed by atoms with Crippen LogP contribution in [0.1, 0.15) is 19.4 Å². The first-order valence-electron chi connectivity index (χ1n) is 7.67. The minimum absolute atomic E-state index is 0.173. The van der Waals surface area contributed by atoms with E-state index < -0.39 is 22.8 Å². The summed E-state index contributed by atoms with van der Waals surface area (Å²) in [7, 11) is 0. The van der Waals surface area contributed by atoms with E-state index in [0.717, 1.165) is 17.8 Å². The molecule has 1 aliphatic heterocycles. The van der Waals surface area contributed by atoms with Crippen molar-refractivity contribution >= 4 is 29.9 Å². The van der Waals surface area contributed by atoms with Gasteiger partial charge in [0.05, 0.1) is 5.56 Å². The lowest BCUT2D eigenvalue weighted by Crippen LogP contribution is -2.44. The Bertz CT molecular complexity index is 792. The molecule has 1 fully saturated rings. The average molecular weight is 366 g/mol. The van der Waals surface area contributed by atoms with E-state index in [1.165, 1.54) is 17.0 Å². The van der Waals surface area contributed by atoms with Gasteiger partial charge >= 0.3 is 6.18 Å². The third kappa shape index (κ3) is 2.97. The van der Waals surface area contributed by atoms with Crippen LogP contribution in [0, 0.1) is 0 Å². The Morgan fingerprint density at radius 2 is 1.60 bits per heavy atom. The molecule has 0 saturated carbocycles. The number of thiol groups is 1. The number of halogens is 3. The highest BCUT2D eigenvalue weighted by Crippen LogP contribution is 2.41. The Hall–Kier alpha value is -2.15. The topological polar surface area (TPSA) is 23.6 Å². The SMILES string of the molecule is CC1(C)C(=O)N(c2cccc(C(F)(F)F)c2)C(S)N1c1ccccc1. The summed E-state index contributed by atoms with van der Waals surface area (Å²) in [5.41, 5.74) is -1.51. The van der Waals surface area contributed by atoms with Crippen LogP contribution in [-0.2, 0) is 11.0 Å². The summed E-state index contributed by atoms with van der Waals surface area (Å²) in [5, 5.41) is 0. The van der Waals surface area contributed by atoms with Gasteiger partial charge in [0.25, 0.3) is 5.91 Å². The van der Waals surface area contributed by atoms with E-state index in [1.807, 2.05) is 30.3 Å². The summed E-state index contributed by atoms with van der Waals surface area (Å²) in [6, 6.07) is 14.0. The van der Waals surface area contributed by atoms with Gasteiger partial charge in [-0.25, -0.2) is 0 Å². The van der Waals surface area contributed by atoms with Gasteiger partial charge in [0.1, 0.15) is 5.54 Å². The number of carbonyl (C=O) groups is 1. The van der Waals surface area contributed by atoms with Gasteiger partial charge in [-0.15, -0.1) is 12.6 Å². The fourth-order valence-corrected chi connectivity index (χ4v) is 3.69. The van der Waals surface area contributed by atoms with E-state index in [4.69, 9.17) is 0 Å². The van der Waals surface area contributed by atoms with Crippen molar-refractivity contribution < 1.29 is 18.0 Å². The maximum absolute atomic E-state index is 13.0. The summed E-state index contributed by atoms with van der Waals surface area (Å²) < 4.78 is 39.0. The molecule has 3 nitrogen and oxygen atoms in total. The lowest BCUT2D eigenvalue weighted by atomic mass is 10.0. The van der Waals surface area contributed by atoms with Crippen LogP contribution in [-0.4, -0.2) is 16.9 Å². The molecule has 0 spiro atoms. The molecule has 1 atom stereocenters. The summed E-state index contributed by atoms with van der Waals surface area (Å²) in [6.07, 6.45) is -4.47. The zero-order valence-electron chi connectivity index (χ0n) is 13.7. The first-order valence-corrected chi connectivity index (χ1v) is 8.19. The number of amides is 1.